The minimum Gasteiger partial charge on any atom is -0.289 e. The van der Waals surface area contributed by atoms with Gasteiger partial charge in [-0.2, -0.15) is 0 Å². The van der Waals surface area contributed by atoms with Crippen molar-refractivity contribution in [3.8, 4) is 11.1 Å². The fourth-order valence-electron chi connectivity index (χ4n) is 2.23. The van der Waals surface area contributed by atoms with Crippen molar-refractivity contribution in [1.29, 1.82) is 0 Å². The summed E-state index contributed by atoms with van der Waals surface area (Å²) in [5.74, 6) is 0.0213. The molecule has 0 unspecified atom stereocenters. The summed E-state index contributed by atoms with van der Waals surface area (Å²) in [6.07, 6.45) is 1.62. The second kappa shape index (κ2) is 7.61. The molecule has 0 aromatic heterocycles. The van der Waals surface area contributed by atoms with Gasteiger partial charge in [-0.15, -0.1) is 0 Å². The van der Waals surface area contributed by atoms with Crippen molar-refractivity contribution in [3.63, 3.8) is 0 Å². The molecule has 0 spiro atoms. The maximum Gasteiger partial charge on any atom is 0.186 e. The van der Waals surface area contributed by atoms with Crippen LogP contribution >= 0.6 is 11.8 Å². The van der Waals surface area contributed by atoms with Crippen LogP contribution in [0.15, 0.2) is 101 Å². The van der Waals surface area contributed by atoms with Gasteiger partial charge >= 0.3 is 0 Å². The molecule has 0 radical (unpaired) electrons. The molecule has 0 atom stereocenters. The van der Waals surface area contributed by atoms with E-state index in [9.17, 15) is 4.79 Å². The summed E-state index contributed by atoms with van der Waals surface area (Å²) in [6.45, 7) is 0. The second-order valence-electron chi connectivity index (χ2n) is 5.04. The number of carbonyl (C=O) groups is 1. The third-order valence-corrected chi connectivity index (χ3v) is 4.26. The Hall–Kier alpha value is -2.58. The predicted molar refractivity (Wildman–Crippen MR) is 97.6 cm³/mol. The lowest BCUT2D eigenvalue weighted by molar-refractivity contribution is 0.104. The Morgan fingerprint density at radius 2 is 1.26 bits per heavy atom. The molecule has 0 saturated carbocycles. The minimum atomic E-state index is 0.0213. The lowest BCUT2D eigenvalue weighted by atomic mass is 10.0. The van der Waals surface area contributed by atoms with Crippen LogP contribution in [0.5, 0.6) is 0 Å². The van der Waals surface area contributed by atoms with Crippen molar-refractivity contribution in [3.05, 3.63) is 102 Å². The van der Waals surface area contributed by atoms with Crippen LogP contribution < -0.4 is 0 Å². The van der Waals surface area contributed by atoms with E-state index in [1.165, 1.54) is 0 Å². The molecule has 0 saturated heterocycles. The molecule has 2 heteroatoms. The van der Waals surface area contributed by atoms with E-state index in [1.807, 2.05) is 78.2 Å². The van der Waals surface area contributed by atoms with Crippen molar-refractivity contribution in [1.82, 2.24) is 0 Å². The highest BCUT2D eigenvalue weighted by molar-refractivity contribution is 8.02. The van der Waals surface area contributed by atoms with Gasteiger partial charge in [0.25, 0.3) is 0 Å². The topological polar surface area (TPSA) is 17.1 Å². The number of thioether (sulfide) groups is 1. The minimum absolute atomic E-state index is 0.0213. The Morgan fingerprint density at radius 3 is 1.91 bits per heavy atom. The lowest BCUT2D eigenvalue weighted by Gasteiger charge is -2.02. The molecule has 0 aliphatic heterocycles. The molecule has 3 aromatic rings. The molecule has 112 valence electrons. The molecular weight excluding hydrogens is 300 g/mol. The zero-order valence-electron chi connectivity index (χ0n) is 12.6. The molecule has 0 bridgehead atoms. The van der Waals surface area contributed by atoms with Crippen molar-refractivity contribution in [2.75, 3.05) is 0 Å². The lowest BCUT2D eigenvalue weighted by Crippen LogP contribution is -1.93. The standard InChI is InChI=1S/C21H16OS/c22-21(15-16-23-20-9-5-2-6-10-20)19-13-11-18(12-14-19)17-7-3-1-4-8-17/h1-16H/b16-15+. The fraction of sp³-hybridized carbons (Fsp3) is 0. The molecule has 1 nitrogen and oxygen atoms in total. The van der Waals surface area contributed by atoms with Crippen LogP contribution in [0.4, 0.5) is 0 Å². The zero-order chi connectivity index (χ0) is 15.9. The third kappa shape index (κ3) is 4.21. The first-order chi connectivity index (χ1) is 11.3. The molecule has 3 rings (SSSR count). The van der Waals surface area contributed by atoms with E-state index in [2.05, 4.69) is 12.1 Å². The highest BCUT2D eigenvalue weighted by atomic mass is 32.2. The zero-order valence-corrected chi connectivity index (χ0v) is 13.4. The van der Waals surface area contributed by atoms with E-state index in [0.29, 0.717) is 5.56 Å². The normalized spacial score (nSPS) is 10.8. The monoisotopic (exact) mass is 316 g/mol. The van der Waals surface area contributed by atoms with Gasteiger partial charge in [-0.25, -0.2) is 0 Å². The van der Waals surface area contributed by atoms with Crippen LogP contribution in [0.2, 0.25) is 0 Å². The average molecular weight is 316 g/mol. The summed E-state index contributed by atoms with van der Waals surface area (Å²) in [4.78, 5) is 13.3. The molecule has 0 fully saturated rings. The van der Waals surface area contributed by atoms with Crippen LogP contribution in [-0.4, -0.2) is 5.78 Å². The van der Waals surface area contributed by atoms with Crippen molar-refractivity contribution in [2.24, 2.45) is 0 Å². The van der Waals surface area contributed by atoms with Crippen LogP contribution in [-0.2, 0) is 0 Å². The molecule has 0 aliphatic rings. The van der Waals surface area contributed by atoms with Gasteiger partial charge < -0.3 is 0 Å². The Morgan fingerprint density at radius 1 is 0.696 bits per heavy atom. The molecular formula is C21H16OS. The highest BCUT2D eigenvalue weighted by Crippen LogP contribution is 2.21. The first kappa shape index (κ1) is 15.3. The summed E-state index contributed by atoms with van der Waals surface area (Å²) in [7, 11) is 0. The first-order valence-electron chi connectivity index (χ1n) is 7.41. The van der Waals surface area contributed by atoms with Gasteiger partial charge in [-0.3, -0.25) is 4.79 Å². The third-order valence-electron chi connectivity index (χ3n) is 3.44. The van der Waals surface area contributed by atoms with Crippen LogP contribution in [0.3, 0.4) is 0 Å². The highest BCUT2D eigenvalue weighted by Gasteiger charge is 2.02. The number of carbonyl (C=O) groups excluding carboxylic acids is 1. The van der Waals surface area contributed by atoms with Gasteiger partial charge in [0.1, 0.15) is 0 Å². The number of rotatable bonds is 5. The van der Waals surface area contributed by atoms with Gasteiger partial charge in [0.2, 0.25) is 0 Å². The van der Waals surface area contributed by atoms with E-state index in [4.69, 9.17) is 0 Å². The number of ketones is 1. The molecule has 3 aromatic carbocycles. The second-order valence-corrected chi connectivity index (χ2v) is 6.02. The van der Waals surface area contributed by atoms with Crippen molar-refractivity contribution < 1.29 is 4.79 Å². The Labute approximate surface area is 140 Å². The van der Waals surface area contributed by atoms with Crippen LogP contribution in [0, 0.1) is 0 Å². The van der Waals surface area contributed by atoms with E-state index in [-0.39, 0.29) is 5.78 Å². The van der Waals surface area contributed by atoms with Gasteiger partial charge in [0, 0.05) is 10.5 Å². The number of hydrogen-bond donors (Lipinski definition) is 0. The molecule has 0 aliphatic carbocycles. The molecule has 0 amide bonds. The largest absolute Gasteiger partial charge is 0.289 e. The first-order valence-corrected chi connectivity index (χ1v) is 8.29. The summed E-state index contributed by atoms with van der Waals surface area (Å²) in [5, 5.41) is 1.84. The van der Waals surface area contributed by atoms with Crippen LogP contribution in [0.1, 0.15) is 10.4 Å². The smallest absolute Gasteiger partial charge is 0.186 e. The quantitative estimate of drug-likeness (QED) is 0.334. The van der Waals surface area contributed by atoms with Crippen molar-refractivity contribution in [2.45, 2.75) is 4.90 Å². The summed E-state index contributed by atoms with van der Waals surface area (Å²) in [5.41, 5.74) is 2.97. The SMILES string of the molecule is O=C(/C=C/Sc1ccccc1)c1ccc(-c2ccccc2)cc1. The number of hydrogen-bond acceptors (Lipinski definition) is 2. The maximum atomic E-state index is 12.2. The van der Waals surface area contributed by atoms with E-state index < -0.39 is 0 Å². The summed E-state index contributed by atoms with van der Waals surface area (Å²) >= 11 is 1.54. The summed E-state index contributed by atoms with van der Waals surface area (Å²) in [6, 6.07) is 27.9. The number of allylic oxidation sites excluding steroid dienone is 1. The Kier molecular flexibility index (Phi) is 5.07. The van der Waals surface area contributed by atoms with Gasteiger partial charge in [0.05, 0.1) is 0 Å². The van der Waals surface area contributed by atoms with Crippen LogP contribution in [0.25, 0.3) is 11.1 Å². The molecule has 0 N–H and O–H groups in total. The molecule has 0 heterocycles. The number of benzene rings is 3. The maximum absolute atomic E-state index is 12.2. The van der Waals surface area contributed by atoms with E-state index in [1.54, 1.807) is 17.8 Å². The van der Waals surface area contributed by atoms with Gasteiger partial charge in [0.15, 0.2) is 5.78 Å². The molecule has 23 heavy (non-hydrogen) atoms. The van der Waals surface area contributed by atoms with Gasteiger partial charge in [-0.1, -0.05) is 84.6 Å². The van der Waals surface area contributed by atoms with E-state index in [0.717, 1.165) is 16.0 Å². The van der Waals surface area contributed by atoms with E-state index >= 15 is 0 Å². The average Bonchev–Trinajstić information content (AvgIpc) is 2.63. The van der Waals surface area contributed by atoms with Crippen molar-refractivity contribution >= 4 is 17.5 Å². The Bertz CT molecular complexity index is 790. The predicted octanol–water partition coefficient (Wildman–Crippen LogP) is 5.84. The van der Waals surface area contributed by atoms with Gasteiger partial charge in [-0.05, 0) is 34.7 Å². The fourth-order valence-corrected chi connectivity index (χ4v) is 2.89. The summed E-state index contributed by atoms with van der Waals surface area (Å²) < 4.78 is 0. The Balaban J connectivity index is 1.66.